The van der Waals surface area contributed by atoms with Crippen LogP contribution in [0.3, 0.4) is 0 Å². The maximum Gasteiger partial charge on any atom is 0.131 e. The molecule has 1 saturated heterocycles. The van der Waals surface area contributed by atoms with Crippen molar-refractivity contribution in [1.82, 2.24) is 0 Å². The van der Waals surface area contributed by atoms with Crippen molar-refractivity contribution in [3.8, 4) is 11.5 Å². The predicted molar refractivity (Wildman–Crippen MR) is 86.0 cm³/mol. The van der Waals surface area contributed by atoms with E-state index in [0.717, 1.165) is 49.4 Å². The summed E-state index contributed by atoms with van der Waals surface area (Å²) >= 11 is 0. The summed E-state index contributed by atoms with van der Waals surface area (Å²) < 4.78 is 42.7. The monoisotopic (exact) mass is 343 g/mol. The van der Waals surface area contributed by atoms with E-state index in [2.05, 4.69) is 6.07 Å². The molecule has 1 aromatic rings. The smallest absolute Gasteiger partial charge is 0.131 e. The summed E-state index contributed by atoms with van der Waals surface area (Å²) in [5.41, 5.74) is 1.16. The molecule has 23 heavy (non-hydrogen) atoms. The van der Waals surface area contributed by atoms with Gasteiger partial charge in [0.15, 0.2) is 0 Å². The number of quaternary nitrogens is 1. The maximum absolute atomic E-state index is 10.7. The number of ether oxygens (including phenoxy) is 2. The minimum Gasteiger partial charge on any atom is -0.748 e. The highest BCUT2D eigenvalue weighted by Gasteiger charge is 2.31. The first kappa shape index (κ1) is 18.0. The molecule has 1 unspecified atom stereocenters. The lowest BCUT2D eigenvalue weighted by molar-refractivity contribution is -0.918. The van der Waals surface area contributed by atoms with Crippen LogP contribution < -0.4 is 14.4 Å². The lowest BCUT2D eigenvalue weighted by Gasteiger charge is -2.23. The van der Waals surface area contributed by atoms with Gasteiger partial charge in [0.2, 0.25) is 0 Å². The molecule has 0 spiro atoms. The summed E-state index contributed by atoms with van der Waals surface area (Å²) in [6.07, 6.45) is 3.39. The van der Waals surface area contributed by atoms with E-state index in [0.29, 0.717) is 12.5 Å². The Kier molecular flexibility index (Phi) is 6.26. The Morgan fingerprint density at radius 3 is 2.70 bits per heavy atom. The Hall–Kier alpha value is -1.31. The Morgan fingerprint density at radius 2 is 2.04 bits per heavy atom. The molecule has 0 aliphatic carbocycles. The Labute approximate surface area is 138 Å². The van der Waals surface area contributed by atoms with Crippen molar-refractivity contribution >= 4 is 10.1 Å². The van der Waals surface area contributed by atoms with E-state index < -0.39 is 10.1 Å². The topological polar surface area (TPSA) is 80.1 Å². The highest BCUT2D eigenvalue weighted by Crippen LogP contribution is 2.31. The van der Waals surface area contributed by atoms with Crippen molar-refractivity contribution in [3.05, 3.63) is 23.8 Å². The van der Waals surface area contributed by atoms with Crippen molar-refractivity contribution in [3.63, 3.8) is 0 Å². The number of hydrogen-bond donors (Lipinski definition) is 1. The SMILES string of the molecule is COc1ccc([C@H]2CCC[NH+]2CCCCS(=O)(=O)[O-])c(OC)c1. The van der Waals surface area contributed by atoms with Gasteiger partial charge < -0.3 is 18.9 Å². The molecule has 7 heteroatoms. The van der Waals surface area contributed by atoms with Gasteiger partial charge in [-0.3, -0.25) is 0 Å². The summed E-state index contributed by atoms with van der Waals surface area (Å²) in [6.45, 7) is 1.93. The summed E-state index contributed by atoms with van der Waals surface area (Å²) in [4.78, 5) is 1.43. The maximum atomic E-state index is 10.7. The van der Waals surface area contributed by atoms with Crippen LogP contribution in [0.5, 0.6) is 11.5 Å². The van der Waals surface area contributed by atoms with Crippen molar-refractivity contribution in [2.75, 3.05) is 33.1 Å². The lowest BCUT2D eigenvalue weighted by atomic mass is 10.0. The number of likely N-dealkylation sites (tertiary alicyclic amines) is 1. The van der Waals surface area contributed by atoms with Crippen LogP contribution >= 0.6 is 0 Å². The van der Waals surface area contributed by atoms with E-state index in [-0.39, 0.29) is 5.75 Å². The zero-order valence-electron chi connectivity index (χ0n) is 13.7. The second-order valence-electron chi connectivity index (χ2n) is 5.93. The summed E-state index contributed by atoms with van der Waals surface area (Å²) in [6, 6.07) is 6.24. The first-order valence-electron chi connectivity index (χ1n) is 7.94. The third kappa shape index (κ3) is 5.09. The first-order valence-corrected chi connectivity index (χ1v) is 9.52. The highest BCUT2D eigenvalue weighted by molar-refractivity contribution is 7.85. The zero-order valence-corrected chi connectivity index (χ0v) is 14.5. The van der Waals surface area contributed by atoms with Gasteiger partial charge in [-0.05, 0) is 25.0 Å². The van der Waals surface area contributed by atoms with Crippen LogP contribution in [0.4, 0.5) is 0 Å². The molecule has 1 aliphatic heterocycles. The molecule has 1 aromatic carbocycles. The van der Waals surface area contributed by atoms with Crippen LogP contribution in [0.1, 0.15) is 37.3 Å². The average Bonchev–Trinajstić information content (AvgIpc) is 2.98. The van der Waals surface area contributed by atoms with E-state index in [9.17, 15) is 13.0 Å². The van der Waals surface area contributed by atoms with Crippen molar-refractivity contribution in [2.45, 2.75) is 31.7 Å². The van der Waals surface area contributed by atoms with Crippen LogP contribution in [0.2, 0.25) is 0 Å². The van der Waals surface area contributed by atoms with Crippen molar-refractivity contribution in [1.29, 1.82) is 0 Å². The fraction of sp³-hybridized carbons (Fsp3) is 0.625. The summed E-state index contributed by atoms with van der Waals surface area (Å²) in [5, 5.41) is 0. The normalized spacial score (nSPS) is 21.3. The summed E-state index contributed by atoms with van der Waals surface area (Å²) in [5.74, 6) is 1.33. The molecule has 0 amide bonds. The quantitative estimate of drug-likeness (QED) is 0.556. The third-order valence-electron chi connectivity index (χ3n) is 4.44. The number of nitrogens with one attached hydrogen (secondary N) is 1. The van der Waals surface area contributed by atoms with E-state index in [1.165, 1.54) is 4.90 Å². The molecular weight excluding hydrogens is 318 g/mol. The number of hydrogen-bond acceptors (Lipinski definition) is 5. The largest absolute Gasteiger partial charge is 0.748 e. The molecule has 1 aliphatic rings. The highest BCUT2D eigenvalue weighted by atomic mass is 32.2. The minimum absolute atomic E-state index is 0.267. The van der Waals surface area contributed by atoms with E-state index >= 15 is 0 Å². The van der Waals surface area contributed by atoms with Gasteiger partial charge >= 0.3 is 0 Å². The summed E-state index contributed by atoms with van der Waals surface area (Å²) in [7, 11) is -0.808. The molecule has 1 N–H and O–H groups in total. The molecule has 0 bridgehead atoms. The third-order valence-corrected chi connectivity index (χ3v) is 5.23. The first-order chi connectivity index (χ1) is 10.9. The molecular formula is C16H25NO5S. The second-order valence-corrected chi connectivity index (χ2v) is 7.45. The fourth-order valence-corrected chi connectivity index (χ4v) is 3.88. The van der Waals surface area contributed by atoms with Gasteiger partial charge in [-0.1, -0.05) is 0 Å². The van der Waals surface area contributed by atoms with Gasteiger partial charge in [0.25, 0.3) is 0 Å². The van der Waals surface area contributed by atoms with Crippen LogP contribution in [0, 0.1) is 0 Å². The molecule has 0 saturated carbocycles. The van der Waals surface area contributed by atoms with Gasteiger partial charge in [-0.15, -0.1) is 0 Å². The van der Waals surface area contributed by atoms with Crippen LogP contribution in [0.15, 0.2) is 18.2 Å². The Bertz CT molecular complexity index is 617. The van der Waals surface area contributed by atoms with Gasteiger partial charge in [-0.2, -0.15) is 0 Å². The number of benzene rings is 1. The number of rotatable bonds is 8. The predicted octanol–water partition coefficient (Wildman–Crippen LogP) is 0.749. The zero-order chi connectivity index (χ0) is 16.9. The molecule has 130 valence electrons. The Morgan fingerprint density at radius 1 is 1.26 bits per heavy atom. The molecule has 6 nitrogen and oxygen atoms in total. The molecule has 0 aromatic heterocycles. The van der Waals surface area contributed by atoms with E-state index in [4.69, 9.17) is 9.47 Å². The average molecular weight is 343 g/mol. The standard InChI is InChI=1S/C16H25NO5S/c1-21-13-7-8-14(16(12-13)22-2)15-6-5-10-17(15)9-3-4-11-23(18,19)20/h7-8,12,15H,3-6,9-11H2,1-2H3,(H,18,19,20)/t15-/m1/s1. The van der Waals surface area contributed by atoms with Gasteiger partial charge in [-0.25, -0.2) is 8.42 Å². The number of unbranched alkanes of at least 4 members (excludes halogenated alkanes) is 1. The van der Waals surface area contributed by atoms with Gasteiger partial charge in [0.1, 0.15) is 17.5 Å². The number of methoxy groups -OCH3 is 2. The lowest BCUT2D eigenvalue weighted by Crippen LogP contribution is -3.10. The minimum atomic E-state index is -4.10. The molecule has 2 rings (SSSR count). The van der Waals surface area contributed by atoms with Crippen molar-refractivity contribution in [2.24, 2.45) is 0 Å². The fourth-order valence-electron chi connectivity index (χ4n) is 3.32. The van der Waals surface area contributed by atoms with Crippen LogP contribution in [-0.2, 0) is 10.1 Å². The van der Waals surface area contributed by atoms with E-state index in [1.54, 1.807) is 14.2 Å². The van der Waals surface area contributed by atoms with Crippen LogP contribution in [-0.4, -0.2) is 46.0 Å². The molecule has 1 heterocycles. The van der Waals surface area contributed by atoms with E-state index in [1.807, 2.05) is 12.1 Å². The van der Waals surface area contributed by atoms with Crippen LogP contribution in [0.25, 0.3) is 0 Å². The molecule has 2 atom stereocenters. The molecule has 1 fully saturated rings. The van der Waals surface area contributed by atoms with Gasteiger partial charge in [0, 0.05) is 24.7 Å². The second kappa shape index (κ2) is 7.99. The van der Waals surface area contributed by atoms with Crippen molar-refractivity contribution < 1.29 is 27.3 Å². The van der Waals surface area contributed by atoms with Gasteiger partial charge in [0.05, 0.1) is 43.0 Å². The Balaban J connectivity index is 2.01. The molecule has 0 radical (unpaired) electrons.